The van der Waals surface area contributed by atoms with E-state index in [1.165, 1.54) is 11.1 Å². The summed E-state index contributed by atoms with van der Waals surface area (Å²) >= 11 is 0. The molecule has 0 bridgehead atoms. The van der Waals surface area contributed by atoms with E-state index >= 15 is 0 Å². The molecule has 0 amide bonds. The van der Waals surface area contributed by atoms with Crippen LogP contribution in [0.1, 0.15) is 24.1 Å². The fraction of sp³-hybridized carbons (Fsp3) is 0.150. The Hall–Kier alpha value is -3.41. The van der Waals surface area contributed by atoms with Crippen LogP contribution in [-0.2, 0) is 6.54 Å². The number of H-pyrrole nitrogens is 1. The lowest BCUT2D eigenvalue weighted by atomic mass is 10.1. The van der Waals surface area contributed by atoms with Gasteiger partial charge in [0.2, 0.25) is 0 Å². The normalized spacial score (nSPS) is 12.0. The first-order valence-electron chi connectivity index (χ1n) is 8.59. The highest BCUT2D eigenvalue weighted by Crippen LogP contribution is 2.28. The maximum atomic E-state index is 4.44. The van der Waals surface area contributed by atoms with Gasteiger partial charge in [-0.05, 0) is 18.1 Å². The summed E-state index contributed by atoms with van der Waals surface area (Å²) in [5, 5.41) is 15.1. The molecule has 4 aromatic rings. The lowest BCUT2D eigenvalue weighted by Crippen LogP contribution is -2.09. The Bertz CT molecular complexity index is 981. The Labute approximate surface area is 151 Å². The molecule has 26 heavy (non-hydrogen) atoms. The van der Waals surface area contributed by atoms with Crippen LogP contribution in [0.2, 0.25) is 0 Å². The number of nitrogens with zero attached hydrogens (tertiary/aromatic N) is 3. The molecule has 0 fully saturated rings. The molecule has 6 nitrogen and oxygen atoms in total. The second-order valence-electron chi connectivity index (χ2n) is 6.13. The summed E-state index contributed by atoms with van der Waals surface area (Å²) in [6, 6.07) is 20.6. The highest BCUT2D eigenvalue weighted by Gasteiger charge is 2.15. The third-order valence-corrected chi connectivity index (χ3v) is 4.31. The van der Waals surface area contributed by atoms with Crippen molar-refractivity contribution in [1.82, 2.24) is 20.2 Å². The van der Waals surface area contributed by atoms with E-state index in [1.807, 2.05) is 36.4 Å². The number of aromatic amines is 1. The van der Waals surface area contributed by atoms with Gasteiger partial charge in [-0.25, -0.2) is 9.97 Å². The monoisotopic (exact) mass is 344 g/mol. The van der Waals surface area contributed by atoms with Gasteiger partial charge in [0.25, 0.3) is 0 Å². The van der Waals surface area contributed by atoms with Crippen LogP contribution in [0.5, 0.6) is 0 Å². The topological polar surface area (TPSA) is 78.5 Å². The number of fused-ring (bicyclic) bond motifs is 1. The van der Waals surface area contributed by atoms with E-state index in [0.29, 0.717) is 12.2 Å². The van der Waals surface area contributed by atoms with Crippen LogP contribution in [-0.4, -0.2) is 20.2 Å². The van der Waals surface area contributed by atoms with Crippen LogP contribution < -0.4 is 10.6 Å². The number of anilines is 2. The van der Waals surface area contributed by atoms with Crippen molar-refractivity contribution < 1.29 is 0 Å². The van der Waals surface area contributed by atoms with Crippen LogP contribution >= 0.6 is 0 Å². The minimum Gasteiger partial charge on any atom is -0.364 e. The van der Waals surface area contributed by atoms with Crippen molar-refractivity contribution in [2.45, 2.75) is 19.5 Å². The number of rotatable bonds is 6. The zero-order valence-corrected chi connectivity index (χ0v) is 14.5. The lowest BCUT2D eigenvalue weighted by molar-refractivity contribution is 0.876. The molecule has 3 N–H and O–H groups in total. The standard InChI is InChI=1S/C20H20N6/c1-14(16-10-6-3-7-11-16)24-18-17-19(25-26-20(17)23-13-22-18)21-12-15-8-4-2-5-9-15/h2-11,13-14H,12H2,1H3,(H3,21,22,23,24,25,26)/t14-/m0/s1. The Balaban J connectivity index is 1.60. The smallest absolute Gasteiger partial charge is 0.162 e. The minimum atomic E-state index is 0.117. The molecule has 0 aliphatic heterocycles. The van der Waals surface area contributed by atoms with Gasteiger partial charge in [-0.2, -0.15) is 5.10 Å². The van der Waals surface area contributed by atoms with Crippen molar-refractivity contribution in [1.29, 1.82) is 0 Å². The average Bonchev–Trinajstić information content (AvgIpc) is 3.12. The molecule has 0 radical (unpaired) electrons. The summed E-state index contributed by atoms with van der Waals surface area (Å²) < 4.78 is 0. The summed E-state index contributed by atoms with van der Waals surface area (Å²) in [7, 11) is 0. The number of benzene rings is 2. The molecule has 2 heterocycles. The van der Waals surface area contributed by atoms with Crippen LogP contribution in [0.15, 0.2) is 67.0 Å². The molecular weight excluding hydrogens is 324 g/mol. The van der Waals surface area contributed by atoms with Crippen molar-refractivity contribution in [3.05, 3.63) is 78.1 Å². The molecule has 0 spiro atoms. The van der Waals surface area contributed by atoms with Gasteiger partial charge >= 0.3 is 0 Å². The third kappa shape index (κ3) is 3.35. The molecule has 0 saturated heterocycles. The second-order valence-corrected chi connectivity index (χ2v) is 6.13. The molecule has 130 valence electrons. The summed E-state index contributed by atoms with van der Waals surface area (Å²) in [5.74, 6) is 1.50. The van der Waals surface area contributed by atoms with Crippen molar-refractivity contribution in [2.75, 3.05) is 10.6 Å². The lowest BCUT2D eigenvalue weighted by Gasteiger charge is -2.15. The summed E-state index contributed by atoms with van der Waals surface area (Å²) in [6.45, 7) is 2.80. The minimum absolute atomic E-state index is 0.117. The largest absolute Gasteiger partial charge is 0.364 e. The van der Waals surface area contributed by atoms with Crippen molar-refractivity contribution >= 4 is 22.7 Å². The molecular formula is C20H20N6. The van der Waals surface area contributed by atoms with E-state index in [4.69, 9.17) is 0 Å². The van der Waals surface area contributed by atoms with Crippen molar-refractivity contribution in [3.63, 3.8) is 0 Å². The number of aromatic nitrogens is 4. The van der Waals surface area contributed by atoms with E-state index in [1.54, 1.807) is 6.33 Å². The van der Waals surface area contributed by atoms with Crippen LogP contribution in [0.4, 0.5) is 11.6 Å². The first kappa shape index (κ1) is 16.1. The fourth-order valence-electron chi connectivity index (χ4n) is 2.91. The highest BCUT2D eigenvalue weighted by molar-refractivity contribution is 5.96. The number of hydrogen-bond donors (Lipinski definition) is 3. The first-order chi connectivity index (χ1) is 12.8. The maximum Gasteiger partial charge on any atom is 0.162 e. The van der Waals surface area contributed by atoms with Gasteiger partial charge in [0, 0.05) is 12.6 Å². The molecule has 0 saturated carbocycles. The van der Waals surface area contributed by atoms with E-state index < -0.39 is 0 Å². The van der Waals surface area contributed by atoms with E-state index in [2.05, 4.69) is 62.0 Å². The second kappa shape index (κ2) is 7.23. The molecule has 4 rings (SSSR count). The van der Waals surface area contributed by atoms with E-state index in [-0.39, 0.29) is 6.04 Å². The predicted octanol–water partition coefficient (Wildman–Crippen LogP) is 4.14. The van der Waals surface area contributed by atoms with Gasteiger partial charge in [-0.15, -0.1) is 0 Å². The summed E-state index contributed by atoms with van der Waals surface area (Å²) in [4.78, 5) is 8.73. The van der Waals surface area contributed by atoms with E-state index in [9.17, 15) is 0 Å². The van der Waals surface area contributed by atoms with Crippen LogP contribution in [0, 0.1) is 0 Å². The Kier molecular flexibility index (Phi) is 4.47. The Morgan fingerprint density at radius 1 is 0.923 bits per heavy atom. The molecule has 6 heteroatoms. The molecule has 0 aliphatic carbocycles. The number of nitrogens with one attached hydrogen (secondary N) is 3. The zero-order valence-electron chi connectivity index (χ0n) is 14.5. The van der Waals surface area contributed by atoms with Gasteiger partial charge in [0.1, 0.15) is 17.5 Å². The fourth-order valence-corrected chi connectivity index (χ4v) is 2.91. The first-order valence-corrected chi connectivity index (χ1v) is 8.59. The highest BCUT2D eigenvalue weighted by atomic mass is 15.2. The molecule has 0 aliphatic rings. The predicted molar refractivity (Wildman–Crippen MR) is 104 cm³/mol. The van der Waals surface area contributed by atoms with Gasteiger partial charge in [-0.1, -0.05) is 60.7 Å². The molecule has 2 aromatic heterocycles. The summed E-state index contributed by atoms with van der Waals surface area (Å²) in [5.41, 5.74) is 3.09. The quantitative estimate of drug-likeness (QED) is 0.490. The average molecular weight is 344 g/mol. The van der Waals surface area contributed by atoms with Gasteiger partial charge in [-0.3, -0.25) is 5.10 Å². The van der Waals surface area contributed by atoms with Gasteiger partial charge < -0.3 is 10.6 Å². The third-order valence-electron chi connectivity index (χ3n) is 4.31. The SMILES string of the molecule is C[C@H](Nc1ncnc2[nH]nc(NCc3ccccc3)c12)c1ccccc1. The molecule has 2 aromatic carbocycles. The zero-order chi connectivity index (χ0) is 17.8. The van der Waals surface area contributed by atoms with Gasteiger partial charge in [0.15, 0.2) is 11.5 Å². The van der Waals surface area contributed by atoms with Gasteiger partial charge in [0.05, 0.1) is 0 Å². The Morgan fingerprint density at radius 3 is 2.42 bits per heavy atom. The Morgan fingerprint density at radius 2 is 1.65 bits per heavy atom. The van der Waals surface area contributed by atoms with Crippen molar-refractivity contribution in [3.8, 4) is 0 Å². The summed E-state index contributed by atoms with van der Waals surface area (Å²) in [6.07, 6.45) is 1.54. The van der Waals surface area contributed by atoms with Crippen LogP contribution in [0.3, 0.4) is 0 Å². The molecule has 1 atom stereocenters. The van der Waals surface area contributed by atoms with E-state index in [0.717, 1.165) is 17.0 Å². The maximum absolute atomic E-state index is 4.44. The molecule has 0 unspecified atom stereocenters. The van der Waals surface area contributed by atoms with Crippen LogP contribution in [0.25, 0.3) is 11.0 Å². The number of hydrogen-bond acceptors (Lipinski definition) is 5. The van der Waals surface area contributed by atoms with Crippen molar-refractivity contribution in [2.24, 2.45) is 0 Å².